The van der Waals surface area contributed by atoms with E-state index in [0.717, 1.165) is 18.4 Å². The molecule has 1 saturated heterocycles. The van der Waals surface area contributed by atoms with Gasteiger partial charge in [0.25, 0.3) is 6.43 Å². The lowest BCUT2D eigenvalue weighted by Crippen LogP contribution is -2.28. The number of halogens is 2. The Kier molecular flexibility index (Phi) is 4.65. The van der Waals surface area contributed by atoms with Crippen molar-refractivity contribution in [3.8, 4) is 16.9 Å². The van der Waals surface area contributed by atoms with Crippen molar-refractivity contribution in [2.75, 3.05) is 25.1 Å². The van der Waals surface area contributed by atoms with Gasteiger partial charge in [-0.15, -0.1) is 5.10 Å². The van der Waals surface area contributed by atoms with Crippen LogP contribution in [-0.2, 0) is 4.74 Å². The molecule has 0 bridgehead atoms. The number of alkyl halides is 2. The van der Waals surface area contributed by atoms with E-state index in [1.54, 1.807) is 24.7 Å². The van der Waals surface area contributed by atoms with Crippen LogP contribution in [0.25, 0.3) is 16.8 Å². The minimum atomic E-state index is -2.59. The molecule has 0 aromatic carbocycles. The highest BCUT2D eigenvalue weighted by atomic mass is 19.3. The molecular formula is C16H18F2N6O2. The molecule has 26 heavy (non-hydrogen) atoms. The molecule has 4 heterocycles. The highest BCUT2D eigenvalue weighted by molar-refractivity contribution is 5.77. The van der Waals surface area contributed by atoms with Gasteiger partial charge in [-0.1, -0.05) is 0 Å². The van der Waals surface area contributed by atoms with E-state index in [4.69, 9.17) is 9.47 Å². The second-order valence-corrected chi connectivity index (χ2v) is 5.98. The molecule has 0 aliphatic carbocycles. The number of pyridine rings is 1. The smallest absolute Gasteiger partial charge is 0.272 e. The maximum absolute atomic E-state index is 12.7. The predicted octanol–water partition coefficient (Wildman–Crippen LogP) is 2.35. The highest BCUT2D eigenvalue weighted by Gasteiger charge is 2.20. The third-order valence-electron chi connectivity index (χ3n) is 4.18. The van der Waals surface area contributed by atoms with Crippen LogP contribution in [0.15, 0.2) is 24.7 Å². The molecule has 0 amide bonds. The van der Waals surface area contributed by atoms with Crippen molar-refractivity contribution in [2.45, 2.75) is 25.3 Å². The molecule has 0 spiro atoms. The Morgan fingerprint density at radius 1 is 1.38 bits per heavy atom. The molecule has 4 rings (SSSR count). The average molecular weight is 364 g/mol. The fourth-order valence-corrected chi connectivity index (χ4v) is 2.92. The van der Waals surface area contributed by atoms with E-state index in [-0.39, 0.29) is 11.8 Å². The SMILES string of the molecule is FC(F)COc1c(-c2cn[nH]c2)ccn2nc(NC3CCOCC3)nc12. The lowest BCUT2D eigenvalue weighted by atomic mass is 10.1. The van der Waals surface area contributed by atoms with Crippen molar-refractivity contribution < 1.29 is 18.3 Å². The summed E-state index contributed by atoms with van der Waals surface area (Å²) in [6, 6.07) is 1.96. The Hall–Kier alpha value is -2.75. The fourth-order valence-electron chi connectivity index (χ4n) is 2.92. The lowest BCUT2D eigenvalue weighted by Gasteiger charge is -2.22. The second kappa shape index (κ2) is 7.24. The van der Waals surface area contributed by atoms with Gasteiger partial charge in [0.2, 0.25) is 5.95 Å². The van der Waals surface area contributed by atoms with Gasteiger partial charge in [0.1, 0.15) is 6.61 Å². The first-order chi connectivity index (χ1) is 12.7. The van der Waals surface area contributed by atoms with Crippen LogP contribution in [0.4, 0.5) is 14.7 Å². The molecule has 10 heteroatoms. The number of rotatable bonds is 6. The Balaban J connectivity index is 1.69. The maximum atomic E-state index is 12.7. The van der Waals surface area contributed by atoms with E-state index in [1.165, 1.54) is 4.52 Å². The molecule has 1 aliphatic heterocycles. The van der Waals surface area contributed by atoms with Crippen LogP contribution >= 0.6 is 0 Å². The minimum absolute atomic E-state index is 0.222. The normalized spacial score (nSPS) is 15.7. The van der Waals surface area contributed by atoms with Crippen LogP contribution in [0.5, 0.6) is 5.75 Å². The summed E-state index contributed by atoms with van der Waals surface area (Å²) in [6.07, 6.45) is 4.12. The van der Waals surface area contributed by atoms with Crippen LogP contribution < -0.4 is 10.1 Å². The second-order valence-electron chi connectivity index (χ2n) is 5.98. The summed E-state index contributed by atoms with van der Waals surface area (Å²) < 4.78 is 37.6. The summed E-state index contributed by atoms with van der Waals surface area (Å²) in [5.74, 6) is 0.685. The number of fused-ring (bicyclic) bond motifs is 1. The third kappa shape index (κ3) is 3.45. The van der Waals surface area contributed by atoms with Crippen molar-refractivity contribution in [2.24, 2.45) is 0 Å². The van der Waals surface area contributed by atoms with Crippen LogP contribution in [0, 0.1) is 0 Å². The number of nitrogens with one attached hydrogen (secondary N) is 2. The molecular weight excluding hydrogens is 346 g/mol. The van der Waals surface area contributed by atoms with Gasteiger partial charge in [-0.05, 0) is 18.9 Å². The van der Waals surface area contributed by atoms with Gasteiger partial charge in [-0.25, -0.2) is 13.3 Å². The van der Waals surface area contributed by atoms with Crippen LogP contribution in [0.3, 0.4) is 0 Å². The maximum Gasteiger partial charge on any atom is 0.272 e. The number of hydrogen-bond donors (Lipinski definition) is 2. The standard InChI is InChI=1S/C16H18F2N6O2/c17-13(18)9-26-14-12(10-7-19-20-8-10)1-4-24-15(14)22-16(23-24)21-11-2-5-25-6-3-11/h1,4,7-8,11,13H,2-3,5-6,9H2,(H,19,20)(H,21,23). The molecule has 1 fully saturated rings. The van der Waals surface area contributed by atoms with E-state index in [2.05, 4.69) is 25.6 Å². The van der Waals surface area contributed by atoms with Gasteiger partial charge in [-0.3, -0.25) is 5.10 Å². The number of aromatic nitrogens is 5. The number of anilines is 1. The summed E-state index contributed by atoms with van der Waals surface area (Å²) in [4.78, 5) is 4.45. The molecule has 3 aromatic heterocycles. The van der Waals surface area contributed by atoms with E-state index in [9.17, 15) is 8.78 Å². The van der Waals surface area contributed by atoms with Gasteiger partial charge in [0, 0.05) is 42.8 Å². The van der Waals surface area contributed by atoms with Crippen molar-refractivity contribution in [1.29, 1.82) is 0 Å². The van der Waals surface area contributed by atoms with Gasteiger partial charge in [-0.2, -0.15) is 10.1 Å². The number of H-pyrrole nitrogens is 1. The summed E-state index contributed by atoms with van der Waals surface area (Å²) in [5, 5.41) is 14.3. The zero-order chi connectivity index (χ0) is 17.9. The van der Waals surface area contributed by atoms with Crippen molar-refractivity contribution in [3.05, 3.63) is 24.7 Å². The van der Waals surface area contributed by atoms with Gasteiger partial charge >= 0.3 is 0 Å². The average Bonchev–Trinajstić information content (AvgIpc) is 3.29. The van der Waals surface area contributed by atoms with Crippen LogP contribution in [-0.4, -0.2) is 57.1 Å². The number of aromatic amines is 1. The van der Waals surface area contributed by atoms with E-state index >= 15 is 0 Å². The quantitative estimate of drug-likeness (QED) is 0.698. The molecule has 2 N–H and O–H groups in total. The molecule has 0 radical (unpaired) electrons. The van der Waals surface area contributed by atoms with E-state index in [0.29, 0.717) is 30.4 Å². The lowest BCUT2D eigenvalue weighted by molar-refractivity contribution is 0.0826. The van der Waals surface area contributed by atoms with Gasteiger partial charge in [0.05, 0.1) is 6.20 Å². The molecule has 1 aliphatic rings. The topological polar surface area (TPSA) is 89.4 Å². The van der Waals surface area contributed by atoms with E-state index < -0.39 is 13.0 Å². The minimum Gasteiger partial charge on any atom is -0.483 e. The van der Waals surface area contributed by atoms with Crippen LogP contribution in [0.1, 0.15) is 12.8 Å². The van der Waals surface area contributed by atoms with Gasteiger partial charge in [0.15, 0.2) is 11.4 Å². The summed E-state index contributed by atoms with van der Waals surface area (Å²) in [7, 11) is 0. The monoisotopic (exact) mass is 364 g/mol. The third-order valence-corrected chi connectivity index (χ3v) is 4.18. The first-order valence-corrected chi connectivity index (χ1v) is 8.34. The Labute approximate surface area is 147 Å². The highest BCUT2D eigenvalue weighted by Crippen LogP contribution is 2.33. The van der Waals surface area contributed by atoms with Crippen molar-refractivity contribution in [3.63, 3.8) is 0 Å². The van der Waals surface area contributed by atoms with Gasteiger partial charge < -0.3 is 14.8 Å². The first kappa shape index (κ1) is 16.7. The van der Waals surface area contributed by atoms with Crippen molar-refractivity contribution in [1.82, 2.24) is 24.8 Å². The number of hydrogen-bond acceptors (Lipinski definition) is 6. The molecule has 138 valence electrons. The summed E-state index contributed by atoms with van der Waals surface area (Å²) in [6.45, 7) is 0.664. The molecule has 0 unspecified atom stereocenters. The first-order valence-electron chi connectivity index (χ1n) is 8.34. The zero-order valence-electron chi connectivity index (χ0n) is 13.9. The fraction of sp³-hybridized carbons (Fsp3) is 0.438. The Morgan fingerprint density at radius 3 is 2.96 bits per heavy atom. The number of nitrogens with zero attached hydrogens (tertiary/aromatic N) is 4. The molecule has 3 aromatic rings. The molecule has 8 nitrogen and oxygen atoms in total. The van der Waals surface area contributed by atoms with Crippen molar-refractivity contribution >= 4 is 11.6 Å². The number of ether oxygens (including phenoxy) is 2. The Bertz CT molecular complexity index is 861. The largest absolute Gasteiger partial charge is 0.483 e. The summed E-state index contributed by atoms with van der Waals surface area (Å²) >= 11 is 0. The summed E-state index contributed by atoms with van der Waals surface area (Å²) in [5.41, 5.74) is 1.72. The predicted molar refractivity (Wildman–Crippen MR) is 89.5 cm³/mol. The molecule has 0 saturated carbocycles. The Morgan fingerprint density at radius 2 is 2.23 bits per heavy atom. The van der Waals surface area contributed by atoms with E-state index in [1.807, 2.05) is 0 Å². The van der Waals surface area contributed by atoms with Crippen LogP contribution in [0.2, 0.25) is 0 Å². The molecule has 0 atom stereocenters. The zero-order valence-corrected chi connectivity index (χ0v) is 13.9.